The van der Waals surface area contributed by atoms with Crippen LogP contribution in [0.1, 0.15) is 65.9 Å². The molecule has 51 heavy (non-hydrogen) atoms. The van der Waals surface area contributed by atoms with Crippen molar-refractivity contribution in [3.8, 4) is 5.75 Å². The van der Waals surface area contributed by atoms with E-state index in [9.17, 15) is 27.9 Å². The summed E-state index contributed by atoms with van der Waals surface area (Å²) in [6.45, 7) is 9.49. The van der Waals surface area contributed by atoms with E-state index in [1.165, 1.54) is 23.3 Å². The number of hydrogen-bond acceptors (Lipinski definition) is 5. The zero-order valence-corrected chi connectivity index (χ0v) is 29.7. The molecule has 0 fully saturated rings. The van der Waals surface area contributed by atoms with E-state index < -0.39 is 29.8 Å². The molecule has 10 heteroatoms. The quantitative estimate of drug-likeness (QED) is 0.169. The molecule has 2 amide bonds. The van der Waals surface area contributed by atoms with Gasteiger partial charge in [-0.25, -0.2) is 0 Å². The molecule has 0 saturated carbocycles. The Hall–Kier alpha value is -4.67. The van der Waals surface area contributed by atoms with Crippen molar-refractivity contribution >= 4 is 17.5 Å². The summed E-state index contributed by atoms with van der Waals surface area (Å²) in [6, 6.07) is 27.9. The number of para-hydroxylation sites is 1. The summed E-state index contributed by atoms with van der Waals surface area (Å²) in [5, 5.41) is 12.9. The first-order valence-corrected chi connectivity index (χ1v) is 17.2. The third-order valence-electron chi connectivity index (χ3n) is 9.73. The maximum absolute atomic E-state index is 13.9. The smallest absolute Gasteiger partial charge is 0.416 e. The topological polar surface area (TPSA) is 82.1 Å². The van der Waals surface area contributed by atoms with E-state index in [0.717, 1.165) is 17.7 Å². The number of anilines is 1. The van der Waals surface area contributed by atoms with E-state index in [1.807, 2.05) is 20.0 Å². The standard InChI is InChI=1S/C41H46F3N3O4/c1-27-23-47(28(2)26-48)39(50)34-12-9-13-35(45-37(49)22-29-14-20-33(21-15-29)41(42,43)44)38(34)51-36(27)25-46(5)24-30-16-18-32(19-17-30)40(3,4)31-10-7-6-8-11-31/h6-21,27-28,36,48H,22-26H2,1-5H3,(H,45,49)/t27-,28+,36-/m1/s1. The molecule has 5 rings (SSSR count). The number of aliphatic hydroxyl groups is 1. The first-order valence-electron chi connectivity index (χ1n) is 17.2. The van der Waals surface area contributed by atoms with Gasteiger partial charge in [-0.1, -0.05) is 93.6 Å². The van der Waals surface area contributed by atoms with Gasteiger partial charge >= 0.3 is 6.18 Å². The highest BCUT2D eigenvalue weighted by molar-refractivity contribution is 6.02. The van der Waals surface area contributed by atoms with Crippen molar-refractivity contribution in [2.24, 2.45) is 5.92 Å². The lowest BCUT2D eigenvalue weighted by molar-refractivity contribution is -0.137. The second kappa shape index (κ2) is 15.7. The molecule has 0 saturated heterocycles. The van der Waals surface area contributed by atoms with Crippen molar-refractivity contribution in [2.75, 3.05) is 32.1 Å². The molecule has 4 aromatic rings. The molecule has 1 aliphatic rings. The summed E-state index contributed by atoms with van der Waals surface area (Å²) in [5.41, 5.74) is 3.58. The Morgan fingerprint density at radius 1 is 0.922 bits per heavy atom. The Bertz CT molecular complexity index is 1790. The van der Waals surface area contributed by atoms with Gasteiger partial charge in [-0.3, -0.25) is 14.5 Å². The van der Waals surface area contributed by atoms with Gasteiger partial charge in [0.1, 0.15) is 6.10 Å². The van der Waals surface area contributed by atoms with E-state index in [1.54, 1.807) is 30.0 Å². The number of aliphatic hydroxyl groups excluding tert-OH is 1. The molecular formula is C41H46F3N3O4. The number of halogens is 3. The third kappa shape index (κ3) is 8.98. The summed E-state index contributed by atoms with van der Waals surface area (Å²) < 4.78 is 45.8. The van der Waals surface area contributed by atoms with Crippen LogP contribution in [0.25, 0.3) is 0 Å². The van der Waals surface area contributed by atoms with Crippen molar-refractivity contribution in [1.29, 1.82) is 0 Å². The lowest BCUT2D eigenvalue weighted by Crippen LogP contribution is -2.49. The van der Waals surface area contributed by atoms with Crippen molar-refractivity contribution in [3.63, 3.8) is 0 Å². The fraction of sp³-hybridized carbons (Fsp3) is 0.366. The number of benzene rings is 4. The van der Waals surface area contributed by atoms with E-state index in [4.69, 9.17) is 4.74 Å². The number of rotatable bonds is 11. The molecule has 0 radical (unpaired) electrons. The minimum Gasteiger partial charge on any atom is -0.486 e. The summed E-state index contributed by atoms with van der Waals surface area (Å²) in [5.74, 6) is -0.732. The summed E-state index contributed by atoms with van der Waals surface area (Å²) >= 11 is 0. The number of amides is 2. The van der Waals surface area contributed by atoms with Gasteiger partial charge in [0, 0.05) is 31.0 Å². The molecule has 0 bridgehead atoms. The van der Waals surface area contributed by atoms with Crippen LogP contribution in [0, 0.1) is 5.92 Å². The van der Waals surface area contributed by atoms with Crippen molar-refractivity contribution in [2.45, 2.75) is 64.4 Å². The van der Waals surface area contributed by atoms with E-state index >= 15 is 0 Å². The number of nitrogens with one attached hydrogen (secondary N) is 1. The molecule has 0 aliphatic carbocycles. The zero-order valence-electron chi connectivity index (χ0n) is 29.7. The molecule has 2 N–H and O–H groups in total. The lowest BCUT2D eigenvalue weighted by atomic mass is 9.78. The number of likely N-dealkylation sites (N-methyl/N-ethyl adjacent to an activating group) is 1. The van der Waals surface area contributed by atoms with Crippen LogP contribution in [-0.4, -0.2) is 65.6 Å². The van der Waals surface area contributed by atoms with Gasteiger partial charge < -0.3 is 20.1 Å². The van der Waals surface area contributed by atoms with Gasteiger partial charge in [0.05, 0.1) is 35.9 Å². The molecule has 0 aromatic heterocycles. The average molecular weight is 702 g/mol. The number of nitrogens with zero attached hydrogens (tertiary/aromatic N) is 2. The fourth-order valence-corrected chi connectivity index (χ4v) is 6.48. The van der Waals surface area contributed by atoms with Crippen LogP contribution in [0.15, 0.2) is 97.1 Å². The van der Waals surface area contributed by atoms with Gasteiger partial charge in [0.25, 0.3) is 5.91 Å². The van der Waals surface area contributed by atoms with Crippen LogP contribution in [0.3, 0.4) is 0 Å². The van der Waals surface area contributed by atoms with Crippen LogP contribution < -0.4 is 10.1 Å². The molecule has 0 spiro atoms. The van der Waals surface area contributed by atoms with Gasteiger partial charge in [0.2, 0.25) is 5.91 Å². The molecule has 4 aromatic carbocycles. The van der Waals surface area contributed by atoms with Gasteiger partial charge in [0.15, 0.2) is 5.75 Å². The Morgan fingerprint density at radius 2 is 1.53 bits per heavy atom. The normalized spacial score (nSPS) is 17.3. The highest BCUT2D eigenvalue weighted by Gasteiger charge is 2.35. The third-order valence-corrected chi connectivity index (χ3v) is 9.73. The molecule has 7 nitrogen and oxygen atoms in total. The largest absolute Gasteiger partial charge is 0.486 e. The zero-order chi connectivity index (χ0) is 36.9. The number of hydrogen-bond donors (Lipinski definition) is 2. The Kier molecular flexibility index (Phi) is 11.6. The number of ether oxygens (including phenoxy) is 1. The maximum Gasteiger partial charge on any atom is 0.416 e. The predicted octanol–water partition coefficient (Wildman–Crippen LogP) is 7.56. The van der Waals surface area contributed by atoms with Gasteiger partial charge in [-0.05, 0) is 60.5 Å². The van der Waals surface area contributed by atoms with E-state index in [2.05, 4.69) is 72.6 Å². The van der Waals surface area contributed by atoms with Crippen LogP contribution in [0.5, 0.6) is 5.75 Å². The lowest BCUT2D eigenvalue weighted by Gasteiger charge is -2.38. The summed E-state index contributed by atoms with van der Waals surface area (Å²) in [7, 11) is 2.01. The number of alkyl halides is 3. The minimum atomic E-state index is -4.47. The highest BCUT2D eigenvalue weighted by atomic mass is 19.4. The second-order valence-corrected chi connectivity index (χ2v) is 14.1. The van der Waals surface area contributed by atoms with Crippen molar-refractivity contribution in [1.82, 2.24) is 9.80 Å². The number of carbonyl (C=O) groups is 2. The predicted molar refractivity (Wildman–Crippen MR) is 193 cm³/mol. The highest BCUT2D eigenvalue weighted by Crippen LogP contribution is 2.36. The van der Waals surface area contributed by atoms with E-state index in [0.29, 0.717) is 25.2 Å². The Morgan fingerprint density at radius 3 is 2.16 bits per heavy atom. The average Bonchev–Trinajstić information content (AvgIpc) is 3.10. The van der Waals surface area contributed by atoms with E-state index in [-0.39, 0.29) is 47.3 Å². The SMILES string of the molecule is C[C@@H]1CN([C@@H](C)CO)C(=O)c2cccc(NC(=O)Cc3ccc(C(F)(F)F)cc3)c2O[C@@H]1CN(C)Cc1ccc(C(C)(C)c2ccccc2)cc1. The molecule has 0 unspecified atom stereocenters. The fourth-order valence-electron chi connectivity index (χ4n) is 6.48. The first-order chi connectivity index (χ1) is 24.2. The summed E-state index contributed by atoms with van der Waals surface area (Å²) in [6.07, 6.45) is -5.05. The second-order valence-electron chi connectivity index (χ2n) is 14.1. The summed E-state index contributed by atoms with van der Waals surface area (Å²) in [4.78, 5) is 30.8. The minimum absolute atomic E-state index is 0.150. The molecule has 1 heterocycles. The molecular weight excluding hydrogens is 655 g/mol. The van der Waals surface area contributed by atoms with Crippen LogP contribution >= 0.6 is 0 Å². The van der Waals surface area contributed by atoms with Crippen LogP contribution in [0.4, 0.5) is 18.9 Å². The monoisotopic (exact) mass is 701 g/mol. The number of fused-ring (bicyclic) bond motifs is 1. The van der Waals surface area contributed by atoms with Crippen molar-refractivity contribution in [3.05, 3.63) is 130 Å². The Labute approximate surface area is 298 Å². The molecule has 270 valence electrons. The Balaban J connectivity index is 1.35. The molecule has 3 atom stereocenters. The van der Waals surface area contributed by atoms with Crippen LogP contribution in [0.2, 0.25) is 0 Å². The van der Waals surface area contributed by atoms with Gasteiger partial charge in [-0.2, -0.15) is 13.2 Å². The van der Waals surface area contributed by atoms with Crippen molar-refractivity contribution < 1.29 is 32.6 Å². The molecule has 1 aliphatic heterocycles. The van der Waals surface area contributed by atoms with Crippen LogP contribution in [-0.2, 0) is 29.4 Å². The first kappa shape index (κ1) is 37.6. The van der Waals surface area contributed by atoms with Gasteiger partial charge in [-0.15, -0.1) is 0 Å². The maximum atomic E-state index is 13.9. The number of carbonyl (C=O) groups excluding carboxylic acids is 2.